The molecule has 3 aromatic rings. The molecule has 1 aliphatic rings. The van der Waals surface area contributed by atoms with Crippen LogP contribution in [0.5, 0.6) is 0 Å². The lowest BCUT2D eigenvalue weighted by molar-refractivity contribution is 0.0848. The summed E-state index contributed by atoms with van der Waals surface area (Å²) in [6, 6.07) is 9.94. The molecule has 0 saturated carbocycles. The lowest BCUT2D eigenvalue weighted by atomic mass is 10.2. The summed E-state index contributed by atoms with van der Waals surface area (Å²) in [4.78, 5) is 44.6. The number of morpholine rings is 1. The molecule has 11 heteroatoms. The van der Waals surface area contributed by atoms with Crippen molar-refractivity contribution in [3.8, 4) is 0 Å². The molecular formula is C21H21N5O4S2. The molecule has 1 aromatic carbocycles. The molecule has 0 spiro atoms. The number of rotatable bonds is 5. The van der Waals surface area contributed by atoms with Crippen molar-refractivity contribution >= 4 is 51.2 Å². The monoisotopic (exact) mass is 471 g/mol. The van der Waals surface area contributed by atoms with Gasteiger partial charge in [0.2, 0.25) is 0 Å². The van der Waals surface area contributed by atoms with Crippen molar-refractivity contribution in [3.63, 3.8) is 0 Å². The highest BCUT2D eigenvalue weighted by molar-refractivity contribution is 7.17. The Labute approximate surface area is 192 Å². The third-order valence-electron chi connectivity index (χ3n) is 4.71. The van der Waals surface area contributed by atoms with Crippen molar-refractivity contribution in [1.82, 2.24) is 15.8 Å². The van der Waals surface area contributed by atoms with E-state index in [4.69, 9.17) is 4.74 Å². The predicted octanol–water partition coefficient (Wildman–Crippen LogP) is 2.68. The molecule has 2 aromatic heterocycles. The summed E-state index contributed by atoms with van der Waals surface area (Å²) >= 11 is 2.63. The first kappa shape index (κ1) is 21.9. The van der Waals surface area contributed by atoms with Crippen LogP contribution in [0.25, 0.3) is 0 Å². The van der Waals surface area contributed by atoms with Crippen LogP contribution in [-0.2, 0) is 4.74 Å². The Bertz CT molecular complexity index is 1110. The van der Waals surface area contributed by atoms with Crippen molar-refractivity contribution in [2.45, 2.75) is 6.92 Å². The minimum absolute atomic E-state index is 0.208. The van der Waals surface area contributed by atoms with Crippen LogP contribution >= 0.6 is 22.7 Å². The molecule has 1 aliphatic heterocycles. The number of benzene rings is 1. The number of ether oxygens (including phenoxy) is 1. The van der Waals surface area contributed by atoms with Crippen LogP contribution in [0.3, 0.4) is 0 Å². The molecule has 1 fully saturated rings. The first-order valence-electron chi connectivity index (χ1n) is 9.87. The Balaban J connectivity index is 1.32. The molecule has 0 unspecified atom stereocenters. The summed E-state index contributed by atoms with van der Waals surface area (Å²) in [5.41, 5.74) is 6.37. The van der Waals surface area contributed by atoms with E-state index in [2.05, 4.69) is 26.1 Å². The van der Waals surface area contributed by atoms with Gasteiger partial charge >= 0.3 is 0 Å². The Morgan fingerprint density at radius 1 is 1.00 bits per heavy atom. The Hall–Kier alpha value is -3.28. The number of hydrogen-bond donors (Lipinski definition) is 3. The number of thiazole rings is 1. The zero-order valence-corrected chi connectivity index (χ0v) is 18.8. The molecular weight excluding hydrogens is 450 g/mol. The third kappa shape index (κ3) is 5.13. The van der Waals surface area contributed by atoms with Gasteiger partial charge in [0.15, 0.2) is 5.13 Å². The van der Waals surface area contributed by atoms with Crippen LogP contribution in [-0.4, -0.2) is 49.0 Å². The van der Waals surface area contributed by atoms with Crippen molar-refractivity contribution in [2.24, 2.45) is 0 Å². The molecule has 3 N–H and O–H groups in total. The lowest BCUT2D eigenvalue weighted by Gasteiger charge is -2.25. The third-order valence-corrected chi connectivity index (χ3v) is 6.80. The number of nitrogens with zero attached hydrogens (tertiary/aromatic N) is 2. The van der Waals surface area contributed by atoms with Crippen LogP contribution in [0.1, 0.15) is 35.4 Å². The molecule has 0 bridgehead atoms. The largest absolute Gasteiger partial charge is 0.378 e. The molecule has 9 nitrogen and oxygen atoms in total. The van der Waals surface area contributed by atoms with Gasteiger partial charge in [-0.2, -0.15) is 0 Å². The SMILES string of the molecule is Cc1nc(N2CCOCC2)sc1C(=O)NNC(=O)c1ccc(NC(=O)c2cccs2)cc1. The highest BCUT2D eigenvalue weighted by Gasteiger charge is 2.21. The first-order valence-corrected chi connectivity index (χ1v) is 11.6. The number of anilines is 2. The summed E-state index contributed by atoms with van der Waals surface area (Å²) in [5.74, 6) is -1.10. The lowest BCUT2D eigenvalue weighted by Crippen LogP contribution is -2.41. The number of nitrogens with one attached hydrogen (secondary N) is 3. The summed E-state index contributed by atoms with van der Waals surface area (Å²) in [5, 5.41) is 5.36. The van der Waals surface area contributed by atoms with Gasteiger partial charge in [0.1, 0.15) is 4.88 Å². The highest BCUT2D eigenvalue weighted by Crippen LogP contribution is 2.26. The molecule has 0 radical (unpaired) electrons. The van der Waals surface area contributed by atoms with Gasteiger partial charge in [-0.25, -0.2) is 4.98 Å². The van der Waals surface area contributed by atoms with E-state index in [1.165, 1.54) is 22.7 Å². The van der Waals surface area contributed by atoms with E-state index in [9.17, 15) is 14.4 Å². The Morgan fingerprint density at radius 2 is 1.72 bits per heavy atom. The number of aromatic nitrogens is 1. The highest BCUT2D eigenvalue weighted by atomic mass is 32.1. The van der Waals surface area contributed by atoms with Crippen LogP contribution < -0.4 is 21.1 Å². The van der Waals surface area contributed by atoms with E-state index in [0.29, 0.717) is 39.9 Å². The van der Waals surface area contributed by atoms with Crippen LogP contribution in [0, 0.1) is 6.92 Å². The minimum atomic E-state index is -0.468. The van der Waals surface area contributed by atoms with Gasteiger partial charge in [-0.15, -0.1) is 11.3 Å². The van der Waals surface area contributed by atoms with Crippen molar-refractivity contribution in [3.05, 3.63) is 62.8 Å². The van der Waals surface area contributed by atoms with E-state index < -0.39 is 11.8 Å². The Kier molecular flexibility index (Phi) is 6.78. The smallest absolute Gasteiger partial charge is 0.281 e. The van der Waals surface area contributed by atoms with Crippen LogP contribution in [0.15, 0.2) is 41.8 Å². The maximum absolute atomic E-state index is 12.5. The van der Waals surface area contributed by atoms with E-state index in [0.717, 1.165) is 18.2 Å². The van der Waals surface area contributed by atoms with Gasteiger partial charge in [0.05, 0.1) is 23.8 Å². The van der Waals surface area contributed by atoms with E-state index in [1.807, 2.05) is 5.38 Å². The second-order valence-electron chi connectivity index (χ2n) is 6.93. The normalized spacial score (nSPS) is 13.5. The van der Waals surface area contributed by atoms with Gasteiger partial charge in [-0.1, -0.05) is 17.4 Å². The van der Waals surface area contributed by atoms with E-state index >= 15 is 0 Å². The molecule has 3 amide bonds. The standard InChI is InChI=1S/C21H21N5O4S2/c1-13-17(32-21(22-13)26-8-10-30-11-9-26)20(29)25-24-18(27)14-4-6-15(7-5-14)23-19(28)16-3-2-12-31-16/h2-7,12H,8-11H2,1H3,(H,23,28)(H,24,27)(H,25,29). The van der Waals surface area contributed by atoms with Gasteiger partial charge in [-0.05, 0) is 42.6 Å². The minimum Gasteiger partial charge on any atom is -0.378 e. The second-order valence-corrected chi connectivity index (χ2v) is 8.85. The number of carbonyl (C=O) groups is 3. The molecule has 0 atom stereocenters. The second kappa shape index (κ2) is 9.90. The molecule has 32 heavy (non-hydrogen) atoms. The topological polar surface area (TPSA) is 113 Å². The number of amides is 3. The number of aryl methyl sites for hydroxylation is 1. The van der Waals surface area contributed by atoms with Gasteiger partial charge in [0, 0.05) is 24.3 Å². The van der Waals surface area contributed by atoms with E-state index in [1.54, 1.807) is 43.3 Å². The van der Waals surface area contributed by atoms with Crippen LogP contribution in [0.4, 0.5) is 10.8 Å². The zero-order chi connectivity index (χ0) is 22.5. The first-order chi connectivity index (χ1) is 15.5. The summed E-state index contributed by atoms with van der Waals surface area (Å²) in [7, 11) is 0. The predicted molar refractivity (Wildman–Crippen MR) is 124 cm³/mol. The van der Waals surface area contributed by atoms with Gasteiger partial charge in [0.25, 0.3) is 17.7 Å². The van der Waals surface area contributed by atoms with Crippen molar-refractivity contribution in [2.75, 3.05) is 36.5 Å². The van der Waals surface area contributed by atoms with Crippen molar-refractivity contribution < 1.29 is 19.1 Å². The molecule has 0 aliphatic carbocycles. The van der Waals surface area contributed by atoms with Gasteiger partial charge in [-0.3, -0.25) is 25.2 Å². The summed E-state index contributed by atoms with van der Waals surface area (Å²) in [6.07, 6.45) is 0. The van der Waals surface area contributed by atoms with Crippen molar-refractivity contribution in [1.29, 1.82) is 0 Å². The quantitative estimate of drug-likeness (QED) is 0.493. The fraction of sp³-hybridized carbons (Fsp3) is 0.238. The number of hydrogen-bond acceptors (Lipinski definition) is 8. The maximum atomic E-state index is 12.5. The van der Waals surface area contributed by atoms with Crippen LogP contribution in [0.2, 0.25) is 0 Å². The number of hydrazine groups is 1. The average molecular weight is 472 g/mol. The molecule has 3 heterocycles. The fourth-order valence-corrected chi connectivity index (χ4v) is 4.66. The summed E-state index contributed by atoms with van der Waals surface area (Å²) in [6.45, 7) is 4.49. The zero-order valence-electron chi connectivity index (χ0n) is 17.2. The summed E-state index contributed by atoms with van der Waals surface area (Å²) < 4.78 is 5.34. The number of thiophene rings is 1. The maximum Gasteiger partial charge on any atom is 0.281 e. The number of carbonyl (C=O) groups excluding carboxylic acids is 3. The van der Waals surface area contributed by atoms with E-state index in [-0.39, 0.29) is 5.91 Å². The molecule has 166 valence electrons. The Morgan fingerprint density at radius 3 is 2.41 bits per heavy atom. The molecule has 1 saturated heterocycles. The van der Waals surface area contributed by atoms with Gasteiger partial charge < -0.3 is 15.0 Å². The average Bonchev–Trinajstić information content (AvgIpc) is 3.49. The molecule has 4 rings (SSSR count). The fourth-order valence-electron chi connectivity index (χ4n) is 3.03.